The van der Waals surface area contributed by atoms with Gasteiger partial charge in [-0.05, 0) is 25.0 Å². The molecule has 1 aliphatic rings. The van der Waals surface area contributed by atoms with Gasteiger partial charge >= 0.3 is 0 Å². The van der Waals surface area contributed by atoms with Crippen molar-refractivity contribution in [1.82, 2.24) is 10.1 Å². The normalized spacial score (nSPS) is 18.2. The molecule has 0 N–H and O–H groups in total. The Balaban J connectivity index is 1.74. The lowest BCUT2D eigenvalue weighted by Crippen LogP contribution is -2.21. The van der Waals surface area contributed by atoms with Crippen molar-refractivity contribution in [2.75, 3.05) is 19.5 Å². The second kappa shape index (κ2) is 6.67. The molecule has 0 saturated carbocycles. The highest BCUT2D eigenvalue weighted by molar-refractivity contribution is 7.90. The first-order valence-corrected chi connectivity index (χ1v) is 9.17. The Labute approximate surface area is 134 Å². The molecule has 0 bridgehead atoms. The second-order valence-corrected chi connectivity index (χ2v) is 7.51. The number of rotatable bonds is 6. The lowest BCUT2D eigenvalue weighted by Gasteiger charge is -2.08. The fourth-order valence-electron chi connectivity index (χ4n) is 2.56. The van der Waals surface area contributed by atoms with Crippen molar-refractivity contribution in [2.45, 2.75) is 24.7 Å². The zero-order valence-electron chi connectivity index (χ0n) is 12.8. The van der Waals surface area contributed by atoms with E-state index >= 15 is 0 Å². The number of hydrogen-bond acceptors (Lipinski definition) is 7. The number of benzene rings is 1. The molecule has 1 aromatic heterocycles. The minimum Gasteiger partial charge on any atom is -0.496 e. The van der Waals surface area contributed by atoms with E-state index in [4.69, 9.17) is 14.0 Å². The molecule has 0 amide bonds. The first kappa shape index (κ1) is 15.9. The number of hydrogen-bond donors (Lipinski definition) is 0. The van der Waals surface area contributed by atoms with Crippen LogP contribution in [-0.4, -0.2) is 44.1 Å². The van der Waals surface area contributed by atoms with Crippen molar-refractivity contribution >= 4 is 9.84 Å². The average molecular weight is 338 g/mol. The van der Waals surface area contributed by atoms with Gasteiger partial charge in [0.2, 0.25) is 11.7 Å². The number of methoxy groups -OCH3 is 1. The van der Waals surface area contributed by atoms with E-state index in [1.807, 2.05) is 12.1 Å². The van der Waals surface area contributed by atoms with Crippen LogP contribution in [0, 0.1) is 0 Å². The highest BCUT2D eigenvalue weighted by Crippen LogP contribution is 2.27. The van der Waals surface area contributed by atoms with Crippen LogP contribution >= 0.6 is 0 Å². The minimum atomic E-state index is -3.36. The third kappa shape index (κ3) is 3.89. The van der Waals surface area contributed by atoms with E-state index in [9.17, 15) is 8.42 Å². The third-order valence-corrected chi connectivity index (χ3v) is 5.19. The second-order valence-electron chi connectivity index (χ2n) is 5.40. The van der Waals surface area contributed by atoms with Crippen LogP contribution in [-0.2, 0) is 20.3 Å². The van der Waals surface area contributed by atoms with Crippen molar-refractivity contribution in [3.8, 4) is 17.1 Å². The van der Waals surface area contributed by atoms with Crippen molar-refractivity contribution in [3.05, 3.63) is 30.2 Å². The van der Waals surface area contributed by atoms with Crippen LogP contribution in [0.4, 0.5) is 0 Å². The maximum absolute atomic E-state index is 12.2. The van der Waals surface area contributed by atoms with E-state index < -0.39 is 9.84 Å². The highest BCUT2D eigenvalue weighted by atomic mass is 32.2. The molecule has 2 aromatic rings. The Morgan fingerprint density at radius 2 is 2.17 bits per heavy atom. The van der Waals surface area contributed by atoms with E-state index in [-0.39, 0.29) is 23.5 Å². The topological polar surface area (TPSA) is 91.5 Å². The number of ether oxygens (including phenoxy) is 2. The summed E-state index contributed by atoms with van der Waals surface area (Å²) in [7, 11) is -1.81. The van der Waals surface area contributed by atoms with Gasteiger partial charge in [0.25, 0.3) is 0 Å². The molecule has 1 aliphatic heterocycles. The van der Waals surface area contributed by atoms with E-state index in [1.165, 1.54) is 0 Å². The van der Waals surface area contributed by atoms with Crippen molar-refractivity contribution in [3.63, 3.8) is 0 Å². The van der Waals surface area contributed by atoms with Gasteiger partial charge in [-0.25, -0.2) is 8.42 Å². The first-order valence-electron chi connectivity index (χ1n) is 7.35. The van der Waals surface area contributed by atoms with Gasteiger partial charge in [-0.1, -0.05) is 17.3 Å². The van der Waals surface area contributed by atoms with Crippen molar-refractivity contribution in [1.29, 1.82) is 0 Å². The summed E-state index contributed by atoms with van der Waals surface area (Å²) in [6.07, 6.45) is 1.45. The van der Waals surface area contributed by atoms with E-state index in [2.05, 4.69) is 10.1 Å². The Morgan fingerprint density at radius 3 is 2.91 bits per heavy atom. The summed E-state index contributed by atoms with van der Waals surface area (Å²) in [6.45, 7) is 0.624. The fourth-order valence-corrected chi connectivity index (χ4v) is 4.00. The first-order chi connectivity index (χ1) is 11.1. The molecule has 1 fully saturated rings. The third-order valence-electron chi connectivity index (χ3n) is 3.62. The predicted octanol–water partition coefficient (Wildman–Crippen LogP) is 1.84. The largest absolute Gasteiger partial charge is 0.496 e. The van der Waals surface area contributed by atoms with Gasteiger partial charge in [0.05, 0.1) is 24.5 Å². The van der Waals surface area contributed by atoms with Crippen LogP contribution in [0.1, 0.15) is 18.7 Å². The summed E-state index contributed by atoms with van der Waals surface area (Å²) in [6, 6.07) is 7.21. The summed E-state index contributed by atoms with van der Waals surface area (Å²) < 4.78 is 40.1. The van der Waals surface area contributed by atoms with Gasteiger partial charge in [-0.2, -0.15) is 4.98 Å². The van der Waals surface area contributed by atoms with Gasteiger partial charge in [0.1, 0.15) is 11.5 Å². The molecule has 124 valence electrons. The number of nitrogens with zero attached hydrogens (tertiary/aromatic N) is 2. The van der Waals surface area contributed by atoms with Crippen LogP contribution in [0.3, 0.4) is 0 Å². The van der Waals surface area contributed by atoms with Crippen LogP contribution < -0.4 is 4.74 Å². The molecular weight excluding hydrogens is 320 g/mol. The van der Waals surface area contributed by atoms with Gasteiger partial charge in [-0.15, -0.1) is 0 Å². The van der Waals surface area contributed by atoms with Gasteiger partial charge in [0.15, 0.2) is 9.84 Å². The van der Waals surface area contributed by atoms with Gasteiger partial charge in [-0.3, -0.25) is 0 Å². The zero-order valence-corrected chi connectivity index (χ0v) is 13.6. The summed E-state index contributed by atoms with van der Waals surface area (Å²) in [5.74, 6) is 0.685. The molecule has 0 spiro atoms. The lowest BCUT2D eigenvalue weighted by atomic mass is 10.2. The average Bonchev–Trinajstić information content (AvgIpc) is 3.18. The molecule has 2 heterocycles. The minimum absolute atomic E-state index is 0.0145. The quantitative estimate of drug-likeness (QED) is 0.793. The number of sulfone groups is 1. The molecule has 7 nitrogen and oxygen atoms in total. The molecule has 0 aliphatic carbocycles. The molecule has 8 heteroatoms. The molecule has 0 unspecified atom stereocenters. The molecule has 1 atom stereocenters. The standard InChI is InChI=1S/C15H18N2O5S/c1-20-13-7-3-2-6-12(13)15-16-14(22-17-15)10-23(18,19)9-11-5-4-8-21-11/h2-3,6-7,11H,4-5,8-10H2,1H3/t11-/m0/s1. The molecule has 1 saturated heterocycles. The number of aromatic nitrogens is 2. The Bertz CT molecular complexity index is 766. The smallest absolute Gasteiger partial charge is 0.242 e. The van der Waals surface area contributed by atoms with Crippen molar-refractivity contribution < 1.29 is 22.4 Å². The van der Waals surface area contributed by atoms with E-state index in [1.54, 1.807) is 19.2 Å². The number of para-hydroxylation sites is 1. The highest BCUT2D eigenvalue weighted by Gasteiger charge is 2.26. The predicted molar refractivity (Wildman–Crippen MR) is 82.8 cm³/mol. The molecular formula is C15H18N2O5S. The SMILES string of the molecule is COc1ccccc1-c1noc(CS(=O)(=O)C[C@@H]2CCCO2)n1. The summed E-state index contributed by atoms with van der Waals surface area (Å²) >= 11 is 0. The molecule has 23 heavy (non-hydrogen) atoms. The Kier molecular flexibility index (Phi) is 4.63. The van der Waals surface area contributed by atoms with E-state index in [0.717, 1.165) is 12.8 Å². The summed E-state index contributed by atoms with van der Waals surface area (Å²) in [5, 5.41) is 3.85. The van der Waals surface area contributed by atoms with Crippen LogP contribution in [0.2, 0.25) is 0 Å². The maximum Gasteiger partial charge on any atom is 0.242 e. The zero-order chi connectivity index (χ0) is 16.3. The van der Waals surface area contributed by atoms with Gasteiger partial charge < -0.3 is 14.0 Å². The molecule has 0 radical (unpaired) electrons. The van der Waals surface area contributed by atoms with Crippen LogP contribution in [0.25, 0.3) is 11.4 Å². The molecule has 3 rings (SSSR count). The van der Waals surface area contributed by atoms with E-state index in [0.29, 0.717) is 23.7 Å². The monoisotopic (exact) mass is 338 g/mol. The summed E-state index contributed by atoms with van der Waals surface area (Å²) in [5.41, 5.74) is 0.654. The molecule has 1 aromatic carbocycles. The lowest BCUT2D eigenvalue weighted by molar-refractivity contribution is 0.127. The Morgan fingerprint density at radius 1 is 1.35 bits per heavy atom. The van der Waals surface area contributed by atoms with Crippen LogP contribution in [0.15, 0.2) is 28.8 Å². The Hall–Kier alpha value is -1.93. The summed E-state index contributed by atoms with van der Waals surface area (Å²) in [4.78, 5) is 4.17. The van der Waals surface area contributed by atoms with Crippen molar-refractivity contribution in [2.24, 2.45) is 0 Å². The fraction of sp³-hybridized carbons (Fsp3) is 0.467. The van der Waals surface area contributed by atoms with Gasteiger partial charge in [0, 0.05) is 6.61 Å². The maximum atomic E-state index is 12.2. The van der Waals surface area contributed by atoms with Crippen LogP contribution in [0.5, 0.6) is 5.75 Å².